The van der Waals surface area contributed by atoms with Crippen LogP contribution in [0.15, 0.2) is 30.3 Å². The largest absolute Gasteiger partial charge is 0.413 e. The van der Waals surface area contributed by atoms with Gasteiger partial charge in [-0.25, -0.2) is 4.79 Å². The second-order valence-corrected chi connectivity index (χ2v) is 4.34. The molecule has 0 bridgehead atoms. The van der Waals surface area contributed by atoms with Gasteiger partial charge in [-0.1, -0.05) is 36.8 Å². The zero-order chi connectivity index (χ0) is 13.4. The average Bonchev–Trinajstić information content (AvgIpc) is 2.39. The van der Waals surface area contributed by atoms with Gasteiger partial charge in [0.2, 0.25) is 5.05 Å². The van der Waals surface area contributed by atoms with E-state index < -0.39 is 12.0 Å². The molecule has 0 radical (unpaired) electrons. The predicted molar refractivity (Wildman–Crippen MR) is 75.1 cm³/mol. The Labute approximate surface area is 112 Å². The third-order valence-electron chi connectivity index (χ3n) is 2.47. The van der Waals surface area contributed by atoms with Crippen LogP contribution in [0.1, 0.15) is 24.8 Å². The fourth-order valence-corrected chi connectivity index (χ4v) is 1.64. The van der Waals surface area contributed by atoms with Crippen LogP contribution in [0.4, 0.5) is 0 Å². The summed E-state index contributed by atoms with van der Waals surface area (Å²) in [4.78, 5) is 11.7. The molecule has 0 saturated heterocycles. The number of carbonyl (C=O) groups excluding carboxylic acids is 1. The highest BCUT2D eigenvalue weighted by Gasteiger charge is 2.17. The summed E-state index contributed by atoms with van der Waals surface area (Å²) >= 11 is 5.03. The second-order valence-electron chi connectivity index (χ2n) is 3.97. The Balaban J connectivity index is 2.42. The van der Waals surface area contributed by atoms with Crippen molar-refractivity contribution < 1.29 is 9.53 Å². The maximum absolute atomic E-state index is 11.7. The highest BCUT2D eigenvalue weighted by Crippen LogP contribution is 2.06. The Morgan fingerprint density at radius 2 is 1.94 bits per heavy atom. The van der Waals surface area contributed by atoms with E-state index in [1.54, 1.807) is 12.1 Å². The summed E-state index contributed by atoms with van der Waals surface area (Å²) in [5.74, 6) is -0.485. The first-order valence-corrected chi connectivity index (χ1v) is 6.32. The number of thiocarbonyl (C=S) groups is 1. The van der Waals surface area contributed by atoms with Gasteiger partial charge in [0.1, 0.15) is 6.04 Å². The quantitative estimate of drug-likeness (QED) is 0.462. The van der Waals surface area contributed by atoms with Gasteiger partial charge in [0.05, 0.1) is 0 Å². The summed E-state index contributed by atoms with van der Waals surface area (Å²) in [5.41, 5.74) is 11.8. The lowest BCUT2D eigenvalue weighted by molar-refractivity contribution is -0.136. The van der Waals surface area contributed by atoms with E-state index in [0.29, 0.717) is 18.5 Å². The molecule has 5 heteroatoms. The number of rotatable bonds is 6. The number of ether oxygens (including phenoxy) is 1. The molecule has 0 amide bonds. The molecule has 0 unspecified atom stereocenters. The predicted octanol–water partition coefficient (Wildman–Crippen LogP) is 1.36. The van der Waals surface area contributed by atoms with Gasteiger partial charge in [-0.15, -0.1) is 0 Å². The van der Waals surface area contributed by atoms with Crippen molar-refractivity contribution >= 4 is 23.2 Å². The lowest BCUT2D eigenvalue weighted by Gasteiger charge is -2.11. The van der Waals surface area contributed by atoms with Crippen LogP contribution in [0.3, 0.4) is 0 Å². The highest BCUT2D eigenvalue weighted by molar-refractivity contribution is 7.80. The SMILES string of the molecule is NCCCC[C@H](N)C(=O)OC(=S)c1ccccc1. The zero-order valence-electron chi connectivity index (χ0n) is 10.2. The summed E-state index contributed by atoms with van der Waals surface area (Å²) in [6.07, 6.45) is 2.22. The van der Waals surface area contributed by atoms with Gasteiger partial charge in [-0.2, -0.15) is 0 Å². The molecule has 0 fully saturated rings. The Morgan fingerprint density at radius 1 is 1.28 bits per heavy atom. The number of carbonyl (C=O) groups is 1. The smallest absolute Gasteiger partial charge is 0.329 e. The minimum absolute atomic E-state index is 0.162. The Bertz CT molecular complexity index is 395. The summed E-state index contributed by atoms with van der Waals surface area (Å²) in [7, 11) is 0. The van der Waals surface area contributed by atoms with Gasteiger partial charge >= 0.3 is 5.97 Å². The molecule has 0 spiro atoms. The second kappa shape index (κ2) is 7.92. The van der Waals surface area contributed by atoms with Crippen LogP contribution in [0.25, 0.3) is 0 Å². The van der Waals surface area contributed by atoms with E-state index in [1.165, 1.54) is 0 Å². The van der Waals surface area contributed by atoms with Crippen LogP contribution >= 0.6 is 12.2 Å². The van der Waals surface area contributed by atoms with Gasteiger partial charge < -0.3 is 16.2 Å². The van der Waals surface area contributed by atoms with Crippen LogP contribution in [-0.4, -0.2) is 23.6 Å². The van der Waals surface area contributed by atoms with Gasteiger partial charge in [-0.3, -0.25) is 0 Å². The number of nitrogens with two attached hydrogens (primary N) is 2. The van der Waals surface area contributed by atoms with E-state index in [9.17, 15) is 4.79 Å². The maximum atomic E-state index is 11.7. The maximum Gasteiger partial charge on any atom is 0.329 e. The molecular weight excluding hydrogens is 248 g/mol. The molecule has 1 atom stereocenters. The van der Waals surface area contributed by atoms with Gasteiger partial charge in [0.15, 0.2) is 0 Å². The molecule has 4 nitrogen and oxygen atoms in total. The Kier molecular flexibility index (Phi) is 6.49. The fraction of sp³-hybridized carbons (Fsp3) is 0.385. The minimum atomic E-state index is -0.641. The van der Waals surface area contributed by atoms with Crippen LogP contribution in [0.2, 0.25) is 0 Å². The van der Waals surface area contributed by atoms with Crippen molar-refractivity contribution in [2.24, 2.45) is 11.5 Å². The molecule has 1 rings (SSSR count). The molecular formula is C13H18N2O2S. The molecule has 0 aliphatic rings. The van der Waals surface area contributed by atoms with Gasteiger partial charge in [0, 0.05) is 5.56 Å². The first-order valence-electron chi connectivity index (χ1n) is 5.92. The van der Waals surface area contributed by atoms with Crippen LogP contribution < -0.4 is 11.5 Å². The summed E-state index contributed by atoms with van der Waals surface area (Å²) in [6.45, 7) is 0.601. The topological polar surface area (TPSA) is 78.3 Å². The van der Waals surface area contributed by atoms with E-state index >= 15 is 0 Å². The summed E-state index contributed by atoms with van der Waals surface area (Å²) in [6, 6.07) is 8.46. The van der Waals surface area contributed by atoms with Crippen molar-refractivity contribution in [3.05, 3.63) is 35.9 Å². The first kappa shape index (κ1) is 14.8. The third kappa shape index (κ3) is 4.91. The molecule has 1 aromatic rings. The summed E-state index contributed by atoms with van der Waals surface area (Å²) < 4.78 is 5.07. The van der Waals surface area contributed by atoms with Crippen LogP contribution in [0, 0.1) is 0 Å². The van der Waals surface area contributed by atoms with Crippen molar-refractivity contribution in [3.8, 4) is 0 Å². The normalized spacial score (nSPS) is 11.9. The molecule has 18 heavy (non-hydrogen) atoms. The number of benzene rings is 1. The molecule has 0 saturated carbocycles. The lowest BCUT2D eigenvalue weighted by atomic mass is 10.1. The molecule has 98 valence electrons. The van der Waals surface area contributed by atoms with Crippen molar-refractivity contribution in [2.45, 2.75) is 25.3 Å². The van der Waals surface area contributed by atoms with E-state index in [4.69, 9.17) is 28.4 Å². The average molecular weight is 266 g/mol. The summed E-state index contributed by atoms with van der Waals surface area (Å²) in [5, 5.41) is 0.162. The number of esters is 1. The van der Waals surface area contributed by atoms with E-state index in [2.05, 4.69) is 0 Å². The molecule has 0 aliphatic carbocycles. The number of unbranched alkanes of at least 4 members (excludes halogenated alkanes) is 1. The molecule has 0 heterocycles. The zero-order valence-corrected chi connectivity index (χ0v) is 11.0. The van der Waals surface area contributed by atoms with Crippen molar-refractivity contribution in [1.82, 2.24) is 0 Å². The van der Waals surface area contributed by atoms with Crippen molar-refractivity contribution in [2.75, 3.05) is 6.54 Å². The van der Waals surface area contributed by atoms with Crippen LogP contribution in [-0.2, 0) is 9.53 Å². The monoisotopic (exact) mass is 266 g/mol. The first-order chi connectivity index (χ1) is 8.65. The van der Waals surface area contributed by atoms with Crippen molar-refractivity contribution in [1.29, 1.82) is 0 Å². The van der Waals surface area contributed by atoms with E-state index in [1.807, 2.05) is 18.2 Å². The Morgan fingerprint density at radius 3 is 2.56 bits per heavy atom. The number of hydrogen-bond donors (Lipinski definition) is 2. The molecule has 1 aromatic carbocycles. The third-order valence-corrected chi connectivity index (χ3v) is 2.79. The molecule has 4 N–H and O–H groups in total. The highest BCUT2D eigenvalue weighted by atomic mass is 32.1. The van der Waals surface area contributed by atoms with E-state index in [-0.39, 0.29) is 5.05 Å². The van der Waals surface area contributed by atoms with Crippen molar-refractivity contribution in [3.63, 3.8) is 0 Å². The van der Waals surface area contributed by atoms with Crippen LogP contribution in [0.5, 0.6) is 0 Å². The van der Waals surface area contributed by atoms with Gasteiger partial charge in [-0.05, 0) is 31.6 Å². The minimum Gasteiger partial charge on any atom is -0.413 e. The fourth-order valence-electron chi connectivity index (χ4n) is 1.43. The van der Waals surface area contributed by atoms with Gasteiger partial charge in [0.25, 0.3) is 0 Å². The lowest BCUT2D eigenvalue weighted by Crippen LogP contribution is -2.33. The standard InChI is InChI=1S/C13H18N2O2S/c14-9-5-4-8-11(15)12(16)17-13(18)10-6-2-1-3-7-10/h1-3,6-7,11H,4-5,8-9,14-15H2/t11-/m0/s1. The molecule has 0 aliphatic heterocycles. The Hall–Kier alpha value is -1.30. The molecule has 0 aromatic heterocycles. The van der Waals surface area contributed by atoms with E-state index in [0.717, 1.165) is 12.8 Å². The number of hydrogen-bond acceptors (Lipinski definition) is 5.